The van der Waals surface area contributed by atoms with E-state index in [-0.39, 0.29) is 23.0 Å². The molecule has 2 saturated heterocycles. The molecule has 4 heteroatoms. The lowest BCUT2D eigenvalue weighted by Gasteiger charge is -2.42. The molecule has 0 aromatic heterocycles. The lowest BCUT2D eigenvalue weighted by Crippen LogP contribution is -2.52. The Morgan fingerprint density at radius 2 is 1.95 bits per heavy atom. The van der Waals surface area contributed by atoms with Crippen LogP contribution in [0.25, 0.3) is 0 Å². The van der Waals surface area contributed by atoms with Crippen molar-refractivity contribution in [2.24, 2.45) is 11.8 Å². The van der Waals surface area contributed by atoms with Crippen LogP contribution >= 0.6 is 0 Å². The first kappa shape index (κ1) is 14.8. The average Bonchev–Trinajstić information content (AvgIpc) is 2.45. The summed E-state index contributed by atoms with van der Waals surface area (Å²) in [6, 6.07) is 0.389. The second kappa shape index (κ2) is 4.74. The third kappa shape index (κ3) is 2.95. The van der Waals surface area contributed by atoms with Gasteiger partial charge in [0.1, 0.15) is 0 Å². The fraction of sp³-hybridized carbons (Fsp3) is 0.933. The van der Waals surface area contributed by atoms with Crippen molar-refractivity contribution < 1.29 is 14.6 Å². The van der Waals surface area contributed by atoms with Crippen LogP contribution in [0.15, 0.2) is 0 Å². The molecule has 0 aromatic rings. The Morgan fingerprint density at radius 1 is 1.32 bits per heavy atom. The van der Waals surface area contributed by atoms with Gasteiger partial charge in [-0.2, -0.15) is 0 Å². The number of aliphatic carboxylic acids is 1. The molecule has 2 rings (SSSR count). The van der Waals surface area contributed by atoms with Crippen molar-refractivity contribution in [1.29, 1.82) is 0 Å². The van der Waals surface area contributed by atoms with Crippen molar-refractivity contribution in [2.45, 2.75) is 64.7 Å². The minimum Gasteiger partial charge on any atom is -0.481 e. The van der Waals surface area contributed by atoms with Crippen LogP contribution < -0.4 is 0 Å². The maximum absolute atomic E-state index is 11.2. The number of piperidine rings is 1. The van der Waals surface area contributed by atoms with Crippen LogP contribution in [0.3, 0.4) is 0 Å². The number of hydrogen-bond donors (Lipinski definition) is 1. The fourth-order valence-corrected chi connectivity index (χ4v) is 3.93. The maximum atomic E-state index is 11.2. The SMILES string of the molecule is CC1CN(C2CC(C)(C)OC2(C)C)CCC1C(=O)O. The van der Waals surface area contributed by atoms with Crippen molar-refractivity contribution in [2.75, 3.05) is 13.1 Å². The molecule has 4 nitrogen and oxygen atoms in total. The predicted molar refractivity (Wildman–Crippen MR) is 74.1 cm³/mol. The molecule has 2 aliphatic heterocycles. The van der Waals surface area contributed by atoms with Crippen LogP contribution in [0.4, 0.5) is 0 Å². The van der Waals surface area contributed by atoms with Crippen molar-refractivity contribution >= 4 is 5.97 Å². The van der Waals surface area contributed by atoms with Crippen molar-refractivity contribution in [3.05, 3.63) is 0 Å². The van der Waals surface area contributed by atoms with E-state index >= 15 is 0 Å². The first-order valence-corrected chi connectivity index (χ1v) is 7.29. The van der Waals surface area contributed by atoms with Crippen LogP contribution in [0.1, 0.15) is 47.5 Å². The molecule has 0 bridgehead atoms. The maximum Gasteiger partial charge on any atom is 0.306 e. The van der Waals surface area contributed by atoms with E-state index in [4.69, 9.17) is 4.74 Å². The zero-order valence-electron chi connectivity index (χ0n) is 12.8. The van der Waals surface area contributed by atoms with E-state index in [0.29, 0.717) is 6.04 Å². The van der Waals surface area contributed by atoms with Gasteiger partial charge >= 0.3 is 5.97 Å². The molecule has 110 valence electrons. The molecule has 0 saturated carbocycles. The Balaban J connectivity index is 2.07. The summed E-state index contributed by atoms with van der Waals surface area (Å²) in [5, 5.41) is 9.20. The molecule has 0 aliphatic carbocycles. The van der Waals surface area contributed by atoms with Crippen LogP contribution in [0.2, 0.25) is 0 Å². The Labute approximate surface area is 116 Å². The molecular weight excluding hydrogens is 242 g/mol. The Kier molecular flexibility index (Phi) is 3.69. The van der Waals surface area contributed by atoms with Crippen LogP contribution in [-0.4, -0.2) is 46.3 Å². The van der Waals surface area contributed by atoms with Crippen LogP contribution in [0.5, 0.6) is 0 Å². The number of hydrogen-bond acceptors (Lipinski definition) is 3. The second-order valence-electron chi connectivity index (χ2n) is 7.39. The van der Waals surface area contributed by atoms with Gasteiger partial charge in [0.2, 0.25) is 0 Å². The zero-order chi connectivity index (χ0) is 14.4. The monoisotopic (exact) mass is 269 g/mol. The van der Waals surface area contributed by atoms with Crippen LogP contribution in [0, 0.1) is 11.8 Å². The first-order chi connectivity index (χ1) is 8.62. The summed E-state index contributed by atoms with van der Waals surface area (Å²) in [6.07, 6.45) is 1.77. The van der Waals surface area contributed by atoms with E-state index in [0.717, 1.165) is 25.9 Å². The topological polar surface area (TPSA) is 49.8 Å². The third-order valence-corrected chi connectivity index (χ3v) is 4.72. The van der Waals surface area contributed by atoms with Gasteiger partial charge in [-0.25, -0.2) is 0 Å². The van der Waals surface area contributed by atoms with Gasteiger partial charge in [0.05, 0.1) is 17.1 Å². The summed E-state index contributed by atoms with van der Waals surface area (Å²) >= 11 is 0. The van der Waals surface area contributed by atoms with Gasteiger partial charge in [-0.1, -0.05) is 6.92 Å². The van der Waals surface area contributed by atoms with Gasteiger partial charge < -0.3 is 9.84 Å². The highest BCUT2D eigenvalue weighted by Gasteiger charge is 2.49. The molecule has 2 heterocycles. The fourth-order valence-electron chi connectivity index (χ4n) is 3.93. The van der Waals surface area contributed by atoms with E-state index in [1.54, 1.807) is 0 Å². The lowest BCUT2D eigenvalue weighted by atomic mass is 9.84. The molecule has 0 spiro atoms. The average molecular weight is 269 g/mol. The highest BCUT2D eigenvalue weighted by Crippen LogP contribution is 2.41. The van der Waals surface area contributed by atoms with Crippen molar-refractivity contribution in [3.63, 3.8) is 0 Å². The number of nitrogens with zero attached hydrogens (tertiary/aromatic N) is 1. The molecule has 3 unspecified atom stereocenters. The molecule has 0 aromatic carbocycles. The summed E-state index contributed by atoms with van der Waals surface area (Å²) in [7, 11) is 0. The largest absolute Gasteiger partial charge is 0.481 e. The van der Waals surface area contributed by atoms with E-state index in [1.165, 1.54) is 0 Å². The Bertz CT molecular complexity index is 364. The Morgan fingerprint density at radius 3 is 2.37 bits per heavy atom. The van der Waals surface area contributed by atoms with Gasteiger partial charge in [0.15, 0.2) is 0 Å². The van der Waals surface area contributed by atoms with Crippen molar-refractivity contribution in [3.8, 4) is 0 Å². The highest BCUT2D eigenvalue weighted by atomic mass is 16.5. The minimum absolute atomic E-state index is 0.0823. The lowest BCUT2D eigenvalue weighted by molar-refractivity contribution is -0.146. The summed E-state index contributed by atoms with van der Waals surface area (Å²) in [5.74, 6) is -0.616. The smallest absolute Gasteiger partial charge is 0.306 e. The molecule has 2 fully saturated rings. The van der Waals surface area contributed by atoms with Crippen LogP contribution in [-0.2, 0) is 9.53 Å². The standard InChI is InChI=1S/C15H27NO3/c1-10-9-16(7-6-11(10)13(17)18)12-8-14(2,3)19-15(12,4)5/h10-12H,6-9H2,1-5H3,(H,17,18). The third-order valence-electron chi connectivity index (χ3n) is 4.72. The zero-order valence-corrected chi connectivity index (χ0v) is 12.8. The number of carboxylic acids is 1. The molecule has 3 atom stereocenters. The van der Waals surface area contributed by atoms with E-state index in [1.807, 2.05) is 0 Å². The van der Waals surface area contributed by atoms with E-state index < -0.39 is 5.97 Å². The van der Waals surface area contributed by atoms with Gasteiger partial charge in [-0.05, 0) is 53.0 Å². The van der Waals surface area contributed by atoms with Gasteiger partial charge in [0.25, 0.3) is 0 Å². The molecule has 1 N–H and O–H groups in total. The number of ether oxygens (including phenoxy) is 1. The molecule has 0 amide bonds. The molecule has 19 heavy (non-hydrogen) atoms. The first-order valence-electron chi connectivity index (χ1n) is 7.29. The number of carbonyl (C=O) groups is 1. The van der Waals surface area contributed by atoms with E-state index in [9.17, 15) is 9.90 Å². The van der Waals surface area contributed by atoms with Gasteiger partial charge in [-0.3, -0.25) is 9.69 Å². The minimum atomic E-state index is -0.644. The van der Waals surface area contributed by atoms with E-state index in [2.05, 4.69) is 39.5 Å². The number of rotatable bonds is 2. The highest BCUT2D eigenvalue weighted by molar-refractivity contribution is 5.70. The number of carboxylic acid groups (broad SMARTS) is 1. The molecular formula is C15H27NO3. The summed E-state index contributed by atoms with van der Waals surface area (Å²) in [6.45, 7) is 12.4. The summed E-state index contributed by atoms with van der Waals surface area (Å²) in [4.78, 5) is 13.6. The number of likely N-dealkylation sites (tertiary alicyclic amines) is 1. The normalized spacial score (nSPS) is 38.3. The second-order valence-corrected chi connectivity index (χ2v) is 7.39. The van der Waals surface area contributed by atoms with Crippen molar-refractivity contribution in [1.82, 2.24) is 4.90 Å². The predicted octanol–water partition coefficient (Wildman–Crippen LogP) is 2.38. The quantitative estimate of drug-likeness (QED) is 0.836. The van der Waals surface area contributed by atoms with Gasteiger partial charge in [-0.15, -0.1) is 0 Å². The summed E-state index contributed by atoms with van der Waals surface area (Å²) < 4.78 is 6.15. The summed E-state index contributed by atoms with van der Waals surface area (Å²) in [5.41, 5.74) is -0.236. The van der Waals surface area contributed by atoms with Gasteiger partial charge in [0, 0.05) is 12.6 Å². The Hall–Kier alpha value is -0.610. The molecule has 2 aliphatic rings. The molecule has 0 radical (unpaired) electrons.